The van der Waals surface area contributed by atoms with Crippen molar-refractivity contribution in [2.24, 2.45) is 7.05 Å². The van der Waals surface area contributed by atoms with Crippen molar-refractivity contribution < 1.29 is 4.79 Å². The minimum atomic E-state index is -0.226. The number of carbonyl (C=O) groups excluding carboxylic acids is 1. The molecule has 1 heterocycles. The predicted octanol–water partition coefficient (Wildman–Crippen LogP) is 3.04. The molecule has 6 heteroatoms. The van der Waals surface area contributed by atoms with E-state index in [-0.39, 0.29) is 11.9 Å². The van der Waals surface area contributed by atoms with Gasteiger partial charge in [-0.15, -0.1) is 0 Å². The Labute approximate surface area is 153 Å². The molecule has 0 spiro atoms. The average molecular weight is 349 g/mol. The molecule has 1 aromatic heterocycles. The van der Waals surface area contributed by atoms with Gasteiger partial charge in [0, 0.05) is 32.4 Å². The summed E-state index contributed by atoms with van der Waals surface area (Å²) in [6.45, 7) is 1.90. The molecule has 134 valence electrons. The van der Waals surface area contributed by atoms with Crippen LogP contribution in [0.2, 0.25) is 0 Å². The topological polar surface area (TPSA) is 63.1 Å². The van der Waals surface area contributed by atoms with E-state index in [0.29, 0.717) is 11.4 Å². The van der Waals surface area contributed by atoms with Crippen LogP contribution in [0.5, 0.6) is 0 Å². The van der Waals surface area contributed by atoms with Crippen LogP contribution < -0.4 is 10.2 Å². The number of aryl methyl sites for hydroxylation is 1. The van der Waals surface area contributed by atoms with E-state index >= 15 is 0 Å². The Morgan fingerprint density at radius 3 is 2.46 bits per heavy atom. The van der Waals surface area contributed by atoms with E-state index in [1.165, 1.54) is 6.33 Å². The summed E-state index contributed by atoms with van der Waals surface area (Å²) in [6.07, 6.45) is 1.48. The SMILES string of the molecule is C[C@@H](NC(=O)c1cccc(-c2cccc(N(C)C)c2)c1)c1ncnn1C. The molecule has 0 saturated carbocycles. The van der Waals surface area contributed by atoms with Gasteiger partial charge in [0.15, 0.2) is 0 Å². The van der Waals surface area contributed by atoms with Gasteiger partial charge in [-0.1, -0.05) is 24.3 Å². The lowest BCUT2D eigenvalue weighted by Crippen LogP contribution is -2.28. The van der Waals surface area contributed by atoms with Crippen molar-refractivity contribution in [3.05, 3.63) is 66.2 Å². The molecule has 0 unspecified atom stereocenters. The van der Waals surface area contributed by atoms with Gasteiger partial charge < -0.3 is 10.2 Å². The normalized spacial score (nSPS) is 11.8. The van der Waals surface area contributed by atoms with Crippen LogP contribution in [-0.2, 0) is 7.05 Å². The number of hydrogen-bond acceptors (Lipinski definition) is 4. The number of carbonyl (C=O) groups is 1. The molecular weight excluding hydrogens is 326 g/mol. The molecule has 3 rings (SSSR count). The largest absolute Gasteiger partial charge is 0.378 e. The van der Waals surface area contributed by atoms with Crippen molar-refractivity contribution in [3.63, 3.8) is 0 Å². The summed E-state index contributed by atoms with van der Waals surface area (Å²) in [5, 5.41) is 7.02. The molecule has 2 aromatic carbocycles. The lowest BCUT2D eigenvalue weighted by molar-refractivity contribution is 0.0937. The molecule has 1 amide bonds. The summed E-state index contributed by atoms with van der Waals surface area (Å²) in [7, 11) is 5.83. The Kier molecular flexibility index (Phi) is 5.02. The summed E-state index contributed by atoms with van der Waals surface area (Å²) in [5.74, 6) is 0.583. The van der Waals surface area contributed by atoms with E-state index in [1.807, 2.05) is 64.5 Å². The second-order valence-electron chi connectivity index (χ2n) is 6.46. The fourth-order valence-corrected chi connectivity index (χ4v) is 2.85. The summed E-state index contributed by atoms with van der Waals surface area (Å²) >= 11 is 0. The van der Waals surface area contributed by atoms with Crippen molar-refractivity contribution in [2.75, 3.05) is 19.0 Å². The molecule has 1 N–H and O–H groups in total. The van der Waals surface area contributed by atoms with Crippen LogP contribution in [0.3, 0.4) is 0 Å². The van der Waals surface area contributed by atoms with Crippen LogP contribution >= 0.6 is 0 Å². The molecule has 0 bridgehead atoms. The highest BCUT2D eigenvalue weighted by molar-refractivity contribution is 5.95. The van der Waals surface area contributed by atoms with Gasteiger partial charge in [0.05, 0.1) is 6.04 Å². The van der Waals surface area contributed by atoms with Gasteiger partial charge in [-0.05, 0) is 42.3 Å². The highest BCUT2D eigenvalue weighted by Gasteiger charge is 2.15. The Morgan fingerprint density at radius 2 is 1.81 bits per heavy atom. The molecular formula is C20H23N5O. The Bertz CT molecular complexity index is 916. The summed E-state index contributed by atoms with van der Waals surface area (Å²) in [4.78, 5) is 18.9. The van der Waals surface area contributed by atoms with Crippen LogP contribution in [0.1, 0.15) is 29.1 Å². The van der Waals surface area contributed by atoms with E-state index in [0.717, 1.165) is 16.8 Å². The second-order valence-corrected chi connectivity index (χ2v) is 6.46. The number of nitrogens with zero attached hydrogens (tertiary/aromatic N) is 4. The first-order chi connectivity index (χ1) is 12.5. The van der Waals surface area contributed by atoms with Gasteiger partial charge in [-0.2, -0.15) is 5.10 Å². The van der Waals surface area contributed by atoms with E-state index < -0.39 is 0 Å². The highest BCUT2D eigenvalue weighted by atomic mass is 16.1. The first-order valence-corrected chi connectivity index (χ1v) is 8.48. The molecule has 0 saturated heterocycles. The molecule has 0 aliphatic carbocycles. The number of benzene rings is 2. The van der Waals surface area contributed by atoms with E-state index in [4.69, 9.17) is 0 Å². The minimum absolute atomic E-state index is 0.133. The van der Waals surface area contributed by atoms with Gasteiger partial charge in [0.25, 0.3) is 5.91 Å². The Hall–Kier alpha value is -3.15. The second kappa shape index (κ2) is 7.39. The van der Waals surface area contributed by atoms with Gasteiger partial charge in [-0.25, -0.2) is 4.98 Å². The Balaban J connectivity index is 1.82. The van der Waals surface area contributed by atoms with Gasteiger partial charge in [0.2, 0.25) is 0 Å². The van der Waals surface area contributed by atoms with Crippen molar-refractivity contribution in [2.45, 2.75) is 13.0 Å². The maximum Gasteiger partial charge on any atom is 0.251 e. The van der Waals surface area contributed by atoms with Crippen molar-refractivity contribution in [1.82, 2.24) is 20.1 Å². The summed E-state index contributed by atoms with van der Waals surface area (Å²) < 4.78 is 1.66. The third-order valence-corrected chi connectivity index (χ3v) is 4.30. The third kappa shape index (κ3) is 3.74. The number of aromatic nitrogens is 3. The predicted molar refractivity (Wildman–Crippen MR) is 103 cm³/mol. The molecule has 3 aromatic rings. The smallest absolute Gasteiger partial charge is 0.251 e. The number of rotatable bonds is 5. The third-order valence-electron chi connectivity index (χ3n) is 4.30. The molecule has 0 fully saturated rings. The quantitative estimate of drug-likeness (QED) is 0.769. The average Bonchev–Trinajstić information content (AvgIpc) is 3.08. The van der Waals surface area contributed by atoms with E-state index in [1.54, 1.807) is 4.68 Å². The maximum atomic E-state index is 12.6. The molecule has 0 radical (unpaired) electrons. The standard InChI is InChI=1S/C20H23N5O/c1-14(19-21-13-22-25(19)4)23-20(26)17-9-5-7-15(11-17)16-8-6-10-18(12-16)24(2)3/h5-14H,1-4H3,(H,23,26)/t14-/m1/s1. The molecule has 0 aliphatic rings. The highest BCUT2D eigenvalue weighted by Crippen LogP contribution is 2.25. The number of anilines is 1. The van der Waals surface area contributed by atoms with Crippen LogP contribution in [0.4, 0.5) is 5.69 Å². The van der Waals surface area contributed by atoms with Crippen molar-refractivity contribution in [1.29, 1.82) is 0 Å². The molecule has 0 aliphatic heterocycles. The number of hydrogen-bond donors (Lipinski definition) is 1. The minimum Gasteiger partial charge on any atom is -0.378 e. The van der Waals surface area contributed by atoms with Crippen molar-refractivity contribution >= 4 is 11.6 Å². The van der Waals surface area contributed by atoms with E-state index in [9.17, 15) is 4.79 Å². The van der Waals surface area contributed by atoms with Gasteiger partial charge in [0.1, 0.15) is 12.2 Å². The number of nitrogens with one attached hydrogen (secondary N) is 1. The summed E-state index contributed by atoms with van der Waals surface area (Å²) in [6, 6.07) is 15.7. The van der Waals surface area contributed by atoms with Gasteiger partial charge >= 0.3 is 0 Å². The van der Waals surface area contributed by atoms with Crippen molar-refractivity contribution in [3.8, 4) is 11.1 Å². The van der Waals surface area contributed by atoms with E-state index in [2.05, 4.69) is 32.4 Å². The molecule has 1 atom stereocenters. The lowest BCUT2D eigenvalue weighted by atomic mass is 10.0. The fraction of sp³-hybridized carbons (Fsp3) is 0.250. The fourth-order valence-electron chi connectivity index (χ4n) is 2.85. The zero-order chi connectivity index (χ0) is 18.7. The first kappa shape index (κ1) is 17.7. The van der Waals surface area contributed by atoms with Crippen LogP contribution in [0.15, 0.2) is 54.9 Å². The van der Waals surface area contributed by atoms with Crippen LogP contribution in [0, 0.1) is 0 Å². The van der Waals surface area contributed by atoms with Gasteiger partial charge in [-0.3, -0.25) is 9.48 Å². The molecule has 6 nitrogen and oxygen atoms in total. The molecule has 26 heavy (non-hydrogen) atoms. The number of amides is 1. The zero-order valence-corrected chi connectivity index (χ0v) is 15.5. The first-order valence-electron chi connectivity index (χ1n) is 8.48. The zero-order valence-electron chi connectivity index (χ0n) is 15.5. The monoisotopic (exact) mass is 349 g/mol. The van der Waals surface area contributed by atoms with Crippen LogP contribution in [0.25, 0.3) is 11.1 Å². The lowest BCUT2D eigenvalue weighted by Gasteiger charge is -2.15. The Morgan fingerprint density at radius 1 is 1.12 bits per heavy atom. The maximum absolute atomic E-state index is 12.6. The summed E-state index contributed by atoms with van der Waals surface area (Å²) in [5.41, 5.74) is 3.82. The van der Waals surface area contributed by atoms with Crippen LogP contribution in [-0.4, -0.2) is 34.8 Å².